The van der Waals surface area contributed by atoms with Gasteiger partial charge in [0, 0.05) is 0 Å². The van der Waals surface area contributed by atoms with Crippen molar-refractivity contribution in [2.45, 2.75) is 32.2 Å². The number of rotatable bonds is 2. The number of ether oxygens (including phenoxy) is 1. The zero-order valence-electron chi connectivity index (χ0n) is 10.0. The summed E-state index contributed by atoms with van der Waals surface area (Å²) in [5, 5.41) is 0. The van der Waals surface area contributed by atoms with Gasteiger partial charge in [0.05, 0.1) is 0 Å². The molecule has 1 aromatic rings. The summed E-state index contributed by atoms with van der Waals surface area (Å²) < 4.78 is 5.23. The molecule has 1 unspecified atom stereocenters. The maximum absolute atomic E-state index is 5.55. The van der Waals surface area contributed by atoms with E-state index < -0.39 is 0 Å². The molecular weight excluding hydrogens is 200 g/mol. The van der Waals surface area contributed by atoms with Crippen LogP contribution in [0.5, 0.6) is 0 Å². The van der Waals surface area contributed by atoms with E-state index in [9.17, 15) is 0 Å². The maximum Gasteiger partial charge on any atom is 0.283 e. The van der Waals surface area contributed by atoms with Crippen molar-refractivity contribution in [3.05, 3.63) is 35.4 Å². The van der Waals surface area contributed by atoms with E-state index in [1.807, 2.05) is 6.92 Å². The highest BCUT2D eigenvalue weighted by molar-refractivity contribution is 5.74. The zero-order chi connectivity index (χ0) is 11.8. The second-order valence-electron chi connectivity index (χ2n) is 4.79. The average Bonchev–Trinajstić information content (AvgIpc) is 2.60. The van der Waals surface area contributed by atoms with Crippen molar-refractivity contribution in [3.63, 3.8) is 0 Å². The van der Waals surface area contributed by atoms with Crippen molar-refractivity contribution in [1.29, 1.82) is 0 Å². The minimum Gasteiger partial charge on any atom is -0.462 e. The first-order valence-electron chi connectivity index (χ1n) is 5.60. The van der Waals surface area contributed by atoms with Crippen molar-refractivity contribution >= 4 is 6.02 Å². The number of nitrogens with zero attached hydrogens (tertiary/aromatic N) is 1. The molecule has 2 rings (SSSR count). The van der Waals surface area contributed by atoms with Crippen LogP contribution >= 0.6 is 0 Å². The maximum atomic E-state index is 5.55. The Morgan fingerprint density at radius 1 is 1.31 bits per heavy atom. The third-order valence-corrected chi connectivity index (χ3v) is 3.06. The summed E-state index contributed by atoms with van der Waals surface area (Å²) in [5.41, 5.74) is 7.72. The summed E-state index contributed by atoms with van der Waals surface area (Å²) in [6.45, 7) is 6.94. The van der Waals surface area contributed by atoms with Gasteiger partial charge in [0.25, 0.3) is 6.02 Å². The van der Waals surface area contributed by atoms with Crippen LogP contribution in [0.15, 0.2) is 29.3 Å². The van der Waals surface area contributed by atoms with Crippen LogP contribution < -0.4 is 5.73 Å². The van der Waals surface area contributed by atoms with Gasteiger partial charge >= 0.3 is 0 Å². The molecule has 2 N–H and O–H groups in total. The monoisotopic (exact) mass is 218 g/mol. The highest BCUT2D eigenvalue weighted by Crippen LogP contribution is 2.30. The molecule has 1 atom stereocenters. The van der Waals surface area contributed by atoms with Gasteiger partial charge in [-0.15, -0.1) is 0 Å². The first kappa shape index (κ1) is 11.0. The summed E-state index contributed by atoms with van der Waals surface area (Å²) in [6, 6.07) is 8.81. The van der Waals surface area contributed by atoms with E-state index in [0.29, 0.717) is 12.5 Å². The second-order valence-corrected chi connectivity index (χ2v) is 4.79. The van der Waals surface area contributed by atoms with Crippen LogP contribution in [0.2, 0.25) is 0 Å². The van der Waals surface area contributed by atoms with Crippen LogP contribution in [-0.2, 0) is 10.3 Å². The molecule has 1 aliphatic rings. The van der Waals surface area contributed by atoms with E-state index >= 15 is 0 Å². The Labute approximate surface area is 96.3 Å². The molecule has 16 heavy (non-hydrogen) atoms. The van der Waals surface area contributed by atoms with Gasteiger partial charge in [-0.3, -0.25) is 0 Å². The first-order chi connectivity index (χ1) is 7.51. The lowest BCUT2D eigenvalue weighted by Gasteiger charge is -2.19. The molecule has 3 nitrogen and oxygen atoms in total. The van der Waals surface area contributed by atoms with E-state index in [1.54, 1.807) is 0 Å². The standard InChI is InChI=1S/C13H18N2O/c1-9(2)10-4-6-11(7-5-10)13(3)8-16-12(14)15-13/h4-7,9H,8H2,1-3H3,(H2,14,15). The highest BCUT2D eigenvalue weighted by Gasteiger charge is 2.32. The van der Waals surface area contributed by atoms with Crippen LogP contribution in [0.4, 0.5) is 0 Å². The number of amidine groups is 1. The lowest BCUT2D eigenvalue weighted by Crippen LogP contribution is -2.20. The number of aliphatic imine (C=N–C) groups is 1. The first-order valence-corrected chi connectivity index (χ1v) is 5.60. The van der Waals surface area contributed by atoms with Gasteiger partial charge in [0.1, 0.15) is 12.1 Å². The van der Waals surface area contributed by atoms with Gasteiger partial charge in [-0.05, 0) is 24.0 Å². The van der Waals surface area contributed by atoms with Gasteiger partial charge in [-0.1, -0.05) is 38.1 Å². The molecule has 0 saturated carbocycles. The zero-order valence-corrected chi connectivity index (χ0v) is 10.0. The molecular formula is C13H18N2O. The Morgan fingerprint density at radius 3 is 2.38 bits per heavy atom. The van der Waals surface area contributed by atoms with Gasteiger partial charge in [0.15, 0.2) is 0 Å². The Morgan fingerprint density at radius 2 is 1.94 bits per heavy atom. The molecule has 0 radical (unpaired) electrons. The van der Waals surface area contributed by atoms with Crippen molar-refractivity contribution in [3.8, 4) is 0 Å². The average molecular weight is 218 g/mol. The fourth-order valence-electron chi connectivity index (χ4n) is 1.90. The molecule has 3 heteroatoms. The number of nitrogens with two attached hydrogens (primary N) is 1. The molecule has 1 aromatic carbocycles. The number of hydrogen-bond acceptors (Lipinski definition) is 3. The van der Waals surface area contributed by atoms with Crippen LogP contribution in [0.3, 0.4) is 0 Å². The van der Waals surface area contributed by atoms with Crippen LogP contribution in [0.1, 0.15) is 37.8 Å². The predicted molar refractivity (Wildman–Crippen MR) is 65.5 cm³/mol. The van der Waals surface area contributed by atoms with E-state index in [0.717, 1.165) is 5.56 Å². The third-order valence-electron chi connectivity index (χ3n) is 3.06. The fourth-order valence-corrected chi connectivity index (χ4v) is 1.90. The molecule has 0 fully saturated rings. The van der Waals surface area contributed by atoms with Crippen LogP contribution in [0.25, 0.3) is 0 Å². The Hall–Kier alpha value is -1.51. The minimum atomic E-state index is -0.320. The topological polar surface area (TPSA) is 47.6 Å². The third kappa shape index (κ3) is 1.90. The largest absolute Gasteiger partial charge is 0.462 e. The number of benzene rings is 1. The van der Waals surface area contributed by atoms with Crippen molar-refractivity contribution in [2.24, 2.45) is 10.7 Å². The molecule has 0 aromatic heterocycles. The lowest BCUT2D eigenvalue weighted by molar-refractivity contribution is 0.266. The van der Waals surface area contributed by atoms with Crippen LogP contribution in [-0.4, -0.2) is 12.6 Å². The highest BCUT2D eigenvalue weighted by atomic mass is 16.5. The van der Waals surface area contributed by atoms with Crippen LogP contribution in [0, 0.1) is 0 Å². The van der Waals surface area contributed by atoms with Crippen molar-refractivity contribution < 1.29 is 4.74 Å². The lowest BCUT2D eigenvalue weighted by atomic mass is 9.91. The molecule has 0 saturated heterocycles. The quantitative estimate of drug-likeness (QED) is 0.828. The summed E-state index contributed by atoms with van der Waals surface area (Å²) in [6.07, 6.45) is 0. The smallest absolute Gasteiger partial charge is 0.283 e. The van der Waals surface area contributed by atoms with Gasteiger partial charge in [0.2, 0.25) is 0 Å². The minimum absolute atomic E-state index is 0.287. The van der Waals surface area contributed by atoms with E-state index in [-0.39, 0.29) is 11.6 Å². The summed E-state index contributed by atoms with van der Waals surface area (Å²) >= 11 is 0. The SMILES string of the molecule is CC(C)c1ccc(C2(C)COC(N)=N2)cc1. The fraction of sp³-hybridized carbons (Fsp3) is 0.462. The van der Waals surface area contributed by atoms with E-state index in [1.165, 1.54) is 5.56 Å². The molecule has 1 heterocycles. The molecule has 1 aliphatic heterocycles. The molecule has 0 spiro atoms. The van der Waals surface area contributed by atoms with Gasteiger partial charge in [-0.2, -0.15) is 0 Å². The second kappa shape index (κ2) is 3.81. The van der Waals surface area contributed by atoms with Crippen molar-refractivity contribution in [1.82, 2.24) is 0 Å². The predicted octanol–water partition coefficient (Wildman–Crippen LogP) is 2.37. The Balaban J connectivity index is 2.29. The normalized spacial score (nSPS) is 24.4. The number of hydrogen-bond donors (Lipinski definition) is 1. The summed E-state index contributed by atoms with van der Waals surface area (Å²) in [4.78, 5) is 4.34. The Kier molecular flexibility index (Phi) is 2.62. The molecule has 86 valence electrons. The van der Waals surface area contributed by atoms with Gasteiger partial charge < -0.3 is 10.5 Å². The van der Waals surface area contributed by atoms with Crippen molar-refractivity contribution in [2.75, 3.05) is 6.61 Å². The molecule has 0 bridgehead atoms. The summed E-state index contributed by atoms with van der Waals surface area (Å²) in [5.74, 6) is 0.551. The molecule has 0 aliphatic carbocycles. The Bertz CT molecular complexity index is 408. The molecule has 0 amide bonds. The van der Waals surface area contributed by atoms with E-state index in [4.69, 9.17) is 10.5 Å². The summed E-state index contributed by atoms with van der Waals surface area (Å²) in [7, 11) is 0. The van der Waals surface area contributed by atoms with Gasteiger partial charge in [-0.25, -0.2) is 4.99 Å². The van der Waals surface area contributed by atoms with E-state index in [2.05, 4.69) is 43.1 Å².